The number of allylic oxidation sites excluding steroid dienone is 1. The van der Waals surface area contributed by atoms with Crippen LogP contribution >= 0.6 is 0 Å². The number of ether oxygens (including phenoxy) is 1. The van der Waals surface area contributed by atoms with Crippen molar-refractivity contribution in [2.24, 2.45) is 5.92 Å². The molecule has 1 heterocycles. The molecule has 0 spiro atoms. The zero-order valence-electron chi connectivity index (χ0n) is 9.26. The summed E-state index contributed by atoms with van der Waals surface area (Å²) in [6.45, 7) is 0. The van der Waals surface area contributed by atoms with Crippen LogP contribution in [0, 0.1) is 5.92 Å². The van der Waals surface area contributed by atoms with Gasteiger partial charge in [-0.2, -0.15) is 0 Å². The first kappa shape index (κ1) is 10.3. The first-order valence-electron chi connectivity index (χ1n) is 5.74. The molecule has 0 amide bonds. The van der Waals surface area contributed by atoms with Crippen molar-refractivity contribution in [1.82, 2.24) is 0 Å². The predicted molar refractivity (Wildman–Crippen MR) is 61.1 cm³/mol. The third kappa shape index (κ3) is 1.28. The monoisotopic (exact) mass is 228 g/mol. The Balaban J connectivity index is 2.20. The highest BCUT2D eigenvalue weighted by Crippen LogP contribution is 2.45. The highest BCUT2D eigenvalue weighted by molar-refractivity contribution is 6.04. The molecule has 3 nitrogen and oxygen atoms in total. The summed E-state index contributed by atoms with van der Waals surface area (Å²) < 4.78 is 4.84. The van der Waals surface area contributed by atoms with Gasteiger partial charge in [0.15, 0.2) is 0 Å². The zero-order valence-corrected chi connectivity index (χ0v) is 9.26. The molecule has 0 bridgehead atoms. The van der Waals surface area contributed by atoms with Crippen molar-refractivity contribution in [2.45, 2.75) is 18.3 Å². The molecule has 0 aromatic heterocycles. The molecule has 3 rings (SSSR count). The summed E-state index contributed by atoms with van der Waals surface area (Å²) in [5, 5.41) is 0. The van der Waals surface area contributed by atoms with E-state index in [2.05, 4.69) is 0 Å². The van der Waals surface area contributed by atoms with Crippen LogP contribution in [0.5, 0.6) is 0 Å². The first-order valence-corrected chi connectivity index (χ1v) is 5.74. The average Bonchev–Trinajstić information content (AvgIpc) is 2.64. The molecule has 2 aliphatic rings. The summed E-state index contributed by atoms with van der Waals surface area (Å²) in [6.07, 6.45) is 5.30. The Morgan fingerprint density at radius 2 is 1.94 bits per heavy atom. The number of esters is 2. The van der Waals surface area contributed by atoms with E-state index in [-0.39, 0.29) is 11.9 Å². The van der Waals surface area contributed by atoms with Crippen LogP contribution in [0.25, 0.3) is 0 Å². The van der Waals surface area contributed by atoms with Gasteiger partial charge in [0.1, 0.15) is 5.41 Å². The Kier molecular flexibility index (Phi) is 2.15. The second kappa shape index (κ2) is 3.55. The minimum atomic E-state index is -0.878. The largest absolute Gasteiger partial charge is 0.392 e. The Bertz CT molecular complexity index is 503. The number of fused-ring (bicyclic) bond motifs is 1. The molecular weight excluding hydrogens is 216 g/mol. The van der Waals surface area contributed by atoms with Crippen molar-refractivity contribution in [2.75, 3.05) is 0 Å². The minimum absolute atomic E-state index is 0.359. The van der Waals surface area contributed by atoms with E-state index in [9.17, 15) is 9.59 Å². The van der Waals surface area contributed by atoms with Crippen molar-refractivity contribution in [3.05, 3.63) is 48.0 Å². The Hall–Kier alpha value is -1.90. The van der Waals surface area contributed by atoms with Crippen molar-refractivity contribution in [1.29, 1.82) is 0 Å². The van der Waals surface area contributed by atoms with Crippen molar-refractivity contribution >= 4 is 11.9 Å². The summed E-state index contributed by atoms with van der Waals surface area (Å²) in [4.78, 5) is 23.8. The minimum Gasteiger partial charge on any atom is -0.392 e. The van der Waals surface area contributed by atoms with Crippen LogP contribution in [0.1, 0.15) is 18.4 Å². The van der Waals surface area contributed by atoms with Gasteiger partial charge in [-0.05, 0) is 18.4 Å². The van der Waals surface area contributed by atoms with Gasteiger partial charge in [-0.1, -0.05) is 42.5 Å². The van der Waals surface area contributed by atoms with Gasteiger partial charge in [0, 0.05) is 0 Å². The third-order valence-corrected chi connectivity index (χ3v) is 3.62. The maximum atomic E-state index is 12.0. The van der Waals surface area contributed by atoms with E-state index < -0.39 is 11.4 Å². The van der Waals surface area contributed by atoms with Crippen LogP contribution in [0.4, 0.5) is 0 Å². The zero-order chi connectivity index (χ0) is 11.9. The molecule has 1 aliphatic heterocycles. The van der Waals surface area contributed by atoms with E-state index in [1.165, 1.54) is 0 Å². The van der Waals surface area contributed by atoms with Crippen LogP contribution in [-0.2, 0) is 19.7 Å². The molecule has 0 radical (unpaired) electrons. The highest BCUT2D eigenvalue weighted by Gasteiger charge is 2.57. The summed E-state index contributed by atoms with van der Waals surface area (Å²) in [6, 6.07) is 9.40. The lowest BCUT2D eigenvalue weighted by Gasteiger charge is -2.29. The molecule has 2 atom stereocenters. The fraction of sp³-hybridized carbons (Fsp3) is 0.286. The Labute approximate surface area is 99.1 Å². The molecule has 1 saturated heterocycles. The second-order valence-electron chi connectivity index (χ2n) is 4.48. The van der Waals surface area contributed by atoms with E-state index in [1.807, 2.05) is 42.5 Å². The maximum Gasteiger partial charge on any atom is 0.329 e. The maximum absolute atomic E-state index is 12.0. The standard InChI is InChI=1S/C14H12O3/c15-12-11-8-4-5-9-14(11,13(16)17-12)10-6-2-1-3-7-10/h1-3,5-7,9,11H,4,8H2. The summed E-state index contributed by atoms with van der Waals surface area (Å²) >= 11 is 0. The molecule has 86 valence electrons. The smallest absolute Gasteiger partial charge is 0.329 e. The Morgan fingerprint density at radius 1 is 1.18 bits per heavy atom. The molecule has 17 heavy (non-hydrogen) atoms. The predicted octanol–water partition coefficient (Wildman–Crippen LogP) is 1.97. The SMILES string of the molecule is O=C1OC(=O)C2(c3ccccc3)C=CCCC12. The number of rotatable bonds is 1. The normalized spacial score (nSPS) is 31.2. The van der Waals surface area contributed by atoms with E-state index in [1.54, 1.807) is 0 Å². The van der Waals surface area contributed by atoms with E-state index >= 15 is 0 Å². The lowest BCUT2D eigenvalue weighted by Crippen LogP contribution is -2.38. The highest BCUT2D eigenvalue weighted by atomic mass is 16.6. The molecule has 1 fully saturated rings. The van der Waals surface area contributed by atoms with Gasteiger partial charge in [-0.25, -0.2) is 0 Å². The van der Waals surface area contributed by atoms with Crippen molar-refractivity contribution in [3.63, 3.8) is 0 Å². The van der Waals surface area contributed by atoms with Crippen LogP contribution < -0.4 is 0 Å². The molecule has 1 aromatic carbocycles. The van der Waals surface area contributed by atoms with Gasteiger partial charge < -0.3 is 4.74 Å². The van der Waals surface area contributed by atoms with Gasteiger partial charge in [0.25, 0.3) is 0 Å². The van der Waals surface area contributed by atoms with E-state index in [0.717, 1.165) is 12.0 Å². The van der Waals surface area contributed by atoms with Gasteiger partial charge in [0.05, 0.1) is 5.92 Å². The molecule has 2 unspecified atom stereocenters. The number of cyclic esters (lactones) is 2. The summed E-state index contributed by atoms with van der Waals surface area (Å²) in [7, 11) is 0. The lowest BCUT2D eigenvalue weighted by molar-refractivity contribution is -0.153. The number of benzene rings is 1. The molecule has 0 saturated carbocycles. The van der Waals surface area contributed by atoms with Crippen molar-refractivity contribution in [3.8, 4) is 0 Å². The summed E-state index contributed by atoms with van der Waals surface area (Å²) in [5.74, 6) is -1.18. The van der Waals surface area contributed by atoms with E-state index in [4.69, 9.17) is 4.74 Å². The fourth-order valence-corrected chi connectivity index (χ4v) is 2.77. The molecule has 3 heteroatoms. The van der Waals surface area contributed by atoms with Crippen LogP contribution in [0.15, 0.2) is 42.5 Å². The number of carbonyl (C=O) groups is 2. The van der Waals surface area contributed by atoms with Gasteiger partial charge in [-0.3, -0.25) is 9.59 Å². The topological polar surface area (TPSA) is 43.4 Å². The van der Waals surface area contributed by atoms with Crippen LogP contribution in [-0.4, -0.2) is 11.9 Å². The van der Waals surface area contributed by atoms with Gasteiger partial charge in [-0.15, -0.1) is 0 Å². The molecule has 1 aliphatic carbocycles. The van der Waals surface area contributed by atoms with Crippen molar-refractivity contribution < 1.29 is 14.3 Å². The number of hydrogen-bond donors (Lipinski definition) is 0. The molecule has 1 aromatic rings. The number of carbonyl (C=O) groups excluding carboxylic acids is 2. The quantitative estimate of drug-likeness (QED) is 0.419. The Morgan fingerprint density at radius 3 is 2.71 bits per heavy atom. The third-order valence-electron chi connectivity index (χ3n) is 3.62. The second-order valence-corrected chi connectivity index (χ2v) is 4.48. The van der Waals surface area contributed by atoms with Gasteiger partial charge in [0.2, 0.25) is 0 Å². The lowest BCUT2D eigenvalue weighted by atomic mass is 9.67. The average molecular weight is 228 g/mol. The number of hydrogen-bond acceptors (Lipinski definition) is 3. The van der Waals surface area contributed by atoms with Crippen LogP contribution in [0.3, 0.4) is 0 Å². The first-order chi connectivity index (χ1) is 8.25. The van der Waals surface area contributed by atoms with Gasteiger partial charge >= 0.3 is 11.9 Å². The molecule has 0 N–H and O–H groups in total. The fourth-order valence-electron chi connectivity index (χ4n) is 2.77. The summed E-state index contributed by atoms with van der Waals surface area (Å²) in [5.41, 5.74) is -0.0341. The van der Waals surface area contributed by atoms with E-state index in [0.29, 0.717) is 6.42 Å². The molecular formula is C14H12O3. The van der Waals surface area contributed by atoms with Crippen LogP contribution in [0.2, 0.25) is 0 Å².